The van der Waals surface area contributed by atoms with Crippen molar-refractivity contribution < 1.29 is 18.6 Å². The molecule has 2 unspecified atom stereocenters. The number of nitrogens with two attached hydrogens (primary N) is 2. The Labute approximate surface area is 110 Å². The summed E-state index contributed by atoms with van der Waals surface area (Å²) in [6.45, 7) is 0.223. The van der Waals surface area contributed by atoms with Crippen molar-refractivity contribution in [1.82, 2.24) is 0 Å². The van der Waals surface area contributed by atoms with E-state index in [1.165, 1.54) is 18.2 Å². The highest BCUT2D eigenvalue weighted by Crippen LogP contribution is 2.26. The Balaban J connectivity index is 3.05. The second-order valence-corrected chi connectivity index (χ2v) is 5.76. The lowest BCUT2D eigenvalue weighted by molar-refractivity contribution is 0.0150. The lowest BCUT2D eigenvalue weighted by Crippen LogP contribution is -2.22. The Morgan fingerprint density at radius 3 is 2.39 bits per heavy atom. The normalized spacial score (nSPS) is 15.4. The predicted molar refractivity (Wildman–Crippen MR) is 67.5 cm³/mol. The summed E-state index contributed by atoms with van der Waals surface area (Å²) in [5.41, 5.74) is 5.56. The van der Waals surface area contributed by atoms with Gasteiger partial charge in [-0.15, -0.1) is 0 Å². The van der Waals surface area contributed by atoms with E-state index in [1.807, 2.05) is 0 Å². The molecule has 1 aromatic rings. The van der Waals surface area contributed by atoms with Crippen LogP contribution in [-0.2, 0) is 10.0 Å². The fourth-order valence-corrected chi connectivity index (χ4v) is 2.58. The zero-order valence-corrected chi connectivity index (χ0v) is 11.0. The molecule has 8 heteroatoms. The van der Waals surface area contributed by atoms with Crippen LogP contribution in [0.4, 0.5) is 0 Å². The van der Waals surface area contributed by atoms with E-state index in [2.05, 4.69) is 0 Å². The van der Waals surface area contributed by atoms with E-state index >= 15 is 0 Å². The molecule has 0 spiro atoms. The maximum absolute atomic E-state index is 11.1. The third-order valence-electron chi connectivity index (χ3n) is 2.43. The number of aliphatic hydroxyl groups excluding tert-OH is 2. The SMILES string of the molecule is NCCC(O)C(O)c1ccc(S(N)(=O)=O)c(Cl)c1. The van der Waals surface area contributed by atoms with Gasteiger partial charge in [0.2, 0.25) is 10.0 Å². The van der Waals surface area contributed by atoms with Gasteiger partial charge < -0.3 is 15.9 Å². The maximum Gasteiger partial charge on any atom is 0.239 e. The summed E-state index contributed by atoms with van der Waals surface area (Å²) >= 11 is 5.76. The van der Waals surface area contributed by atoms with Crippen LogP contribution < -0.4 is 10.9 Å². The van der Waals surface area contributed by atoms with E-state index < -0.39 is 22.2 Å². The molecular formula is C10H15ClN2O4S. The van der Waals surface area contributed by atoms with Gasteiger partial charge in [0.15, 0.2) is 0 Å². The monoisotopic (exact) mass is 294 g/mol. The van der Waals surface area contributed by atoms with Gasteiger partial charge >= 0.3 is 0 Å². The molecule has 6 N–H and O–H groups in total. The fraction of sp³-hybridized carbons (Fsp3) is 0.400. The van der Waals surface area contributed by atoms with Crippen molar-refractivity contribution in [2.45, 2.75) is 23.5 Å². The summed E-state index contributed by atoms with van der Waals surface area (Å²) in [4.78, 5) is -0.228. The highest BCUT2D eigenvalue weighted by atomic mass is 35.5. The topological polar surface area (TPSA) is 127 Å². The molecule has 0 fully saturated rings. The minimum atomic E-state index is -3.90. The molecule has 18 heavy (non-hydrogen) atoms. The van der Waals surface area contributed by atoms with E-state index in [4.69, 9.17) is 22.5 Å². The summed E-state index contributed by atoms with van der Waals surface area (Å²) in [5.74, 6) is 0. The maximum atomic E-state index is 11.1. The first kappa shape index (κ1) is 15.4. The molecule has 0 aliphatic rings. The van der Waals surface area contributed by atoms with Crippen molar-refractivity contribution in [3.05, 3.63) is 28.8 Å². The lowest BCUT2D eigenvalue weighted by atomic mass is 10.0. The standard InChI is InChI=1S/C10H15ClN2O4S/c11-7-5-6(10(15)8(14)3-4-12)1-2-9(7)18(13,16)17/h1-2,5,8,10,14-15H,3-4,12H2,(H2,13,16,17). The summed E-state index contributed by atoms with van der Waals surface area (Å²) in [6.07, 6.45) is -2.00. The Bertz CT molecular complexity index is 521. The zero-order valence-electron chi connectivity index (χ0n) is 9.45. The van der Waals surface area contributed by atoms with E-state index in [0.717, 1.165) is 0 Å². The van der Waals surface area contributed by atoms with Crippen LogP contribution in [0.5, 0.6) is 0 Å². The molecular weight excluding hydrogens is 280 g/mol. The van der Waals surface area contributed by atoms with Crippen molar-refractivity contribution in [2.75, 3.05) is 6.54 Å². The Morgan fingerprint density at radius 1 is 1.33 bits per heavy atom. The van der Waals surface area contributed by atoms with Crippen LogP contribution in [0.25, 0.3) is 0 Å². The van der Waals surface area contributed by atoms with E-state index in [9.17, 15) is 18.6 Å². The van der Waals surface area contributed by atoms with Crippen LogP contribution in [0.1, 0.15) is 18.1 Å². The van der Waals surface area contributed by atoms with Crippen molar-refractivity contribution in [3.8, 4) is 0 Å². The molecule has 0 saturated carbocycles. The molecule has 0 radical (unpaired) electrons. The number of hydrogen-bond donors (Lipinski definition) is 4. The first-order valence-corrected chi connectivity index (χ1v) is 7.08. The average molecular weight is 295 g/mol. The van der Waals surface area contributed by atoms with Crippen molar-refractivity contribution in [2.24, 2.45) is 10.9 Å². The summed E-state index contributed by atoms with van der Waals surface area (Å²) in [5, 5.41) is 24.2. The van der Waals surface area contributed by atoms with Gasteiger partial charge in [0.05, 0.1) is 11.1 Å². The number of primary sulfonamides is 1. The molecule has 0 amide bonds. The zero-order chi connectivity index (χ0) is 13.9. The fourth-order valence-electron chi connectivity index (χ4n) is 1.48. The van der Waals surface area contributed by atoms with Crippen LogP contribution in [0.2, 0.25) is 5.02 Å². The molecule has 6 nitrogen and oxygen atoms in total. The molecule has 0 bridgehead atoms. The van der Waals surface area contributed by atoms with Crippen molar-refractivity contribution >= 4 is 21.6 Å². The largest absolute Gasteiger partial charge is 0.390 e. The Morgan fingerprint density at radius 2 is 1.94 bits per heavy atom. The van der Waals surface area contributed by atoms with Crippen molar-refractivity contribution in [1.29, 1.82) is 0 Å². The third kappa shape index (κ3) is 3.64. The first-order chi connectivity index (χ1) is 8.27. The number of aliphatic hydroxyl groups is 2. The molecule has 0 heterocycles. The van der Waals surface area contributed by atoms with Gasteiger partial charge in [-0.3, -0.25) is 0 Å². The van der Waals surface area contributed by atoms with Crippen LogP contribution in [-0.4, -0.2) is 31.3 Å². The number of rotatable bonds is 5. The smallest absolute Gasteiger partial charge is 0.239 e. The van der Waals surface area contributed by atoms with E-state index in [1.54, 1.807) is 0 Å². The van der Waals surface area contributed by atoms with Crippen molar-refractivity contribution in [3.63, 3.8) is 0 Å². The molecule has 0 aliphatic carbocycles. The number of sulfonamides is 1. The summed E-state index contributed by atoms with van der Waals surface area (Å²) < 4.78 is 22.3. The number of halogens is 1. The number of hydrogen-bond acceptors (Lipinski definition) is 5. The summed E-state index contributed by atoms with van der Waals surface area (Å²) in [7, 11) is -3.90. The third-order valence-corrected chi connectivity index (χ3v) is 3.82. The Kier molecular flexibility index (Phi) is 5.09. The van der Waals surface area contributed by atoms with Gasteiger partial charge in [-0.05, 0) is 30.7 Å². The van der Waals surface area contributed by atoms with Gasteiger partial charge in [0.25, 0.3) is 0 Å². The van der Waals surface area contributed by atoms with Gasteiger partial charge in [0, 0.05) is 0 Å². The summed E-state index contributed by atoms with van der Waals surface area (Å²) in [6, 6.07) is 3.78. The Hall–Kier alpha value is -0.700. The van der Waals surface area contributed by atoms with E-state index in [0.29, 0.717) is 5.56 Å². The molecule has 1 rings (SSSR count). The average Bonchev–Trinajstić information content (AvgIpc) is 2.26. The predicted octanol–water partition coefficient (Wildman–Crippen LogP) is -0.270. The second kappa shape index (κ2) is 5.96. The van der Waals surface area contributed by atoms with Gasteiger partial charge in [-0.1, -0.05) is 17.7 Å². The molecule has 0 saturated heterocycles. The van der Waals surface area contributed by atoms with Gasteiger partial charge in [0.1, 0.15) is 11.0 Å². The lowest BCUT2D eigenvalue weighted by Gasteiger charge is -2.18. The first-order valence-electron chi connectivity index (χ1n) is 5.16. The molecule has 1 aromatic carbocycles. The quantitative estimate of drug-likeness (QED) is 0.594. The molecule has 0 aliphatic heterocycles. The highest BCUT2D eigenvalue weighted by Gasteiger charge is 2.20. The van der Waals surface area contributed by atoms with Gasteiger partial charge in [-0.25, -0.2) is 13.6 Å². The van der Waals surface area contributed by atoms with Crippen LogP contribution in [0, 0.1) is 0 Å². The van der Waals surface area contributed by atoms with Crippen LogP contribution >= 0.6 is 11.6 Å². The van der Waals surface area contributed by atoms with Crippen LogP contribution in [0.15, 0.2) is 23.1 Å². The minimum Gasteiger partial charge on any atom is -0.390 e. The van der Waals surface area contributed by atoms with Crippen LogP contribution in [0.3, 0.4) is 0 Å². The molecule has 0 aromatic heterocycles. The molecule has 102 valence electrons. The van der Waals surface area contributed by atoms with Gasteiger partial charge in [-0.2, -0.15) is 0 Å². The molecule has 2 atom stereocenters. The van der Waals surface area contributed by atoms with E-state index in [-0.39, 0.29) is 22.9 Å². The number of benzene rings is 1. The highest BCUT2D eigenvalue weighted by molar-refractivity contribution is 7.89. The minimum absolute atomic E-state index is 0.103. The second-order valence-electron chi connectivity index (χ2n) is 3.82.